The van der Waals surface area contributed by atoms with Gasteiger partial charge in [-0.2, -0.15) is 23.7 Å². The van der Waals surface area contributed by atoms with Crippen LogP contribution in [0.2, 0.25) is 0 Å². The molecule has 0 aliphatic heterocycles. The van der Waals surface area contributed by atoms with Gasteiger partial charge >= 0.3 is 5.38 Å². The molecule has 1 aromatic carbocycles. The first-order valence-electron chi connectivity index (χ1n) is 6.97. The number of benzene rings is 1. The van der Waals surface area contributed by atoms with Gasteiger partial charge in [0.25, 0.3) is 0 Å². The van der Waals surface area contributed by atoms with Crippen molar-refractivity contribution in [3.63, 3.8) is 0 Å². The summed E-state index contributed by atoms with van der Waals surface area (Å²) < 4.78 is 52.8. The van der Waals surface area contributed by atoms with Crippen LogP contribution in [0.15, 0.2) is 18.2 Å². The molecule has 5 nitrogen and oxygen atoms in total. The molecule has 0 aliphatic carbocycles. The number of nitrogens with two attached hydrogens (primary N) is 1. The fraction of sp³-hybridized carbons (Fsp3) is 0.357. The van der Waals surface area contributed by atoms with E-state index in [1.165, 1.54) is 6.92 Å². The summed E-state index contributed by atoms with van der Waals surface area (Å²) in [4.78, 5) is 10.2. The molecule has 1 unspecified atom stereocenters. The van der Waals surface area contributed by atoms with Crippen LogP contribution in [0, 0.1) is 11.6 Å². The molecule has 0 fully saturated rings. The average molecular weight is 366 g/mol. The summed E-state index contributed by atoms with van der Waals surface area (Å²) in [5.74, 6) is -3.19. The Bertz CT molecular complexity index is 693. The number of halogens is 5. The molecule has 0 radical (unpaired) electrons. The van der Waals surface area contributed by atoms with Crippen molar-refractivity contribution in [1.82, 2.24) is 15.0 Å². The Labute approximate surface area is 141 Å². The third kappa shape index (κ3) is 5.19. The molecule has 0 spiro atoms. The Morgan fingerprint density at radius 2 is 1.79 bits per heavy atom. The number of alkyl halides is 3. The second-order valence-corrected chi connectivity index (χ2v) is 4.85. The van der Waals surface area contributed by atoms with Gasteiger partial charge in [-0.15, -0.1) is 0 Å². The number of rotatable bonds is 4. The van der Waals surface area contributed by atoms with E-state index in [9.17, 15) is 17.6 Å². The summed E-state index contributed by atoms with van der Waals surface area (Å²) in [5.41, 5.74) is 5.27. The molecule has 0 saturated heterocycles. The first-order chi connectivity index (χ1) is 11.2. The second kappa shape index (κ2) is 8.09. The third-order valence-electron chi connectivity index (χ3n) is 2.68. The van der Waals surface area contributed by atoms with Crippen LogP contribution < -0.4 is 11.1 Å². The number of aromatic nitrogens is 3. The molecule has 0 aliphatic rings. The second-order valence-electron chi connectivity index (χ2n) is 4.37. The molecule has 3 N–H and O–H groups in total. The maximum Gasteiger partial charge on any atom is 0.381 e. The summed E-state index contributed by atoms with van der Waals surface area (Å²) in [6, 6.07) is 2.06. The minimum atomic E-state index is -3.83. The number of hydrogen-bond donors (Lipinski definition) is 2. The van der Waals surface area contributed by atoms with Crippen molar-refractivity contribution in [2.45, 2.75) is 32.2 Å². The highest BCUT2D eigenvalue weighted by Gasteiger charge is 2.33. The zero-order chi connectivity index (χ0) is 18.5. The smallest absolute Gasteiger partial charge is 0.368 e. The summed E-state index contributed by atoms with van der Waals surface area (Å²) in [6.45, 7) is 5.47. The number of nitrogens with zero attached hydrogens (tertiary/aromatic N) is 3. The molecule has 2 rings (SSSR count). The van der Waals surface area contributed by atoms with E-state index in [0.717, 1.165) is 18.2 Å². The molecule has 1 atom stereocenters. The number of hydrogen-bond acceptors (Lipinski definition) is 5. The summed E-state index contributed by atoms with van der Waals surface area (Å²) in [7, 11) is 0. The fourth-order valence-corrected chi connectivity index (χ4v) is 1.79. The third-order valence-corrected chi connectivity index (χ3v) is 2.85. The summed E-state index contributed by atoms with van der Waals surface area (Å²) >= 11 is 4.82. The Hall–Kier alpha value is -2.16. The number of nitrogens with one attached hydrogen (secondary N) is 1. The van der Waals surface area contributed by atoms with E-state index < -0.39 is 34.8 Å². The molecular formula is C14H16ClF4N5. The Morgan fingerprint density at radius 1 is 1.17 bits per heavy atom. The maximum atomic E-state index is 13.6. The van der Waals surface area contributed by atoms with Crippen LogP contribution in [0.25, 0.3) is 0 Å². The Morgan fingerprint density at radius 3 is 2.38 bits per heavy atom. The van der Waals surface area contributed by atoms with Crippen LogP contribution in [0.3, 0.4) is 0 Å². The van der Waals surface area contributed by atoms with Crippen LogP contribution in [-0.2, 0) is 5.38 Å². The van der Waals surface area contributed by atoms with E-state index in [-0.39, 0.29) is 11.5 Å². The van der Waals surface area contributed by atoms with E-state index in [0.29, 0.717) is 0 Å². The predicted molar refractivity (Wildman–Crippen MR) is 83.7 cm³/mol. The van der Waals surface area contributed by atoms with Gasteiger partial charge in [0.2, 0.25) is 17.7 Å². The molecule has 10 heteroatoms. The first kappa shape index (κ1) is 19.9. The monoisotopic (exact) mass is 365 g/mol. The SMILES string of the molecule is CC.CC(Nc1nc(N)nc(C(F)(F)Cl)n1)c1cc(F)ccc1F. The predicted octanol–water partition coefficient (Wildman–Crippen LogP) is 4.22. The van der Waals surface area contributed by atoms with Crippen molar-refractivity contribution in [3.05, 3.63) is 41.2 Å². The van der Waals surface area contributed by atoms with Gasteiger partial charge in [0.05, 0.1) is 6.04 Å². The van der Waals surface area contributed by atoms with Crippen LogP contribution >= 0.6 is 11.6 Å². The van der Waals surface area contributed by atoms with E-state index in [1.807, 2.05) is 13.8 Å². The van der Waals surface area contributed by atoms with Gasteiger partial charge in [0, 0.05) is 5.56 Å². The van der Waals surface area contributed by atoms with Gasteiger partial charge < -0.3 is 11.1 Å². The lowest BCUT2D eigenvalue weighted by atomic mass is 10.1. The zero-order valence-corrected chi connectivity index (χ0v) is 13.9. The molecule has 0 bridgehead atoms. The highest BCUT2D eigenvalue weighted by molar-refractivity contribution is 6.21. The van der Waals surface area contributed by atoms with E-state index in [1.54, 1.807) is 0 Å². The lowest BCUT2D eigenvalue weighted by Gasteiger charge is -2.16. The first-order valence-corrected chi connectivity index (χ1v) is 7.35. The highest BCUT2D eigenvalue weighted by atomic mass is 35.5. The average Bonchev–Trinajstić information content (AvgIpc) is 2.50. The zero-order valence-electron chi connectivity index (χ0n) is 13.1. The van der Waals surface area contributed by atoms with Crippen molar-refractivity contribution in [3.8, 4) is 0 Å². The van der Waals surface area contributed by atoms with Crippen molar-refractivity contribution in [1.29, 1.82) is 0 Å². The summed E-state index contributed by atoms with van der Waals surface area (Å²) in [6.07, 6.45) is 0. The van der Waals surface area contributed by atoms with Crippen LogP contribution in [-0.4, -0.2) is 15.0 Å². The minimum Gasteiger partial charge on any atom is -0.368 e. The standard InChI is InChI=1S/C12H10ClF4N5.C2H6/c1-5(7-4-6(14)2-3-8(7)15)19-11-21-9(12(13,16)17)20-10(18)22-11;1-2/h2-5H,1H3,(H3,18,19,20,21,22);1-2H3. The van der Waals surface area contributed by atoms with Gasteiger partial charge in [0.1, 0.15) is 11.6 Å². The van der Waals surface area contributed by atoms with E-state index >= 15 is 0 Å². The molecule has 1 aromatic heterocycles. The Kier molecular flexibility index (Phi) is 6.70. The topological polar surface area (TPSA) is 76.7 Å². The molecule has 0 saturated carbocycles. The van der Waals surface area contributed by atoms with Gasteiger partial charge in [-0.05, 0) is 36.7 Å². The maximum absolute atomic E-state index is 13.6. The number of anilines is 2. The van der Waals surface area contributed by atoms with Crippen molar-refractivity contribution < 1.29 is 17.6 Å². The fourth-order valence-electron chi connectivity index (χ4n) is 1.70. The van der Waals surface area contributed by atoms with Crippen LogP contribution in [0.4, 0.5) is 29.5 Å². The van der Waals surface area contributed by atoms with Gasteiger partial charge in [-0.1, -0.05) is 13.8 Å². The van der Waals surface area contributed by atoms with Crippen molar-refractivity contribution in [2.75, 3.05) is 11.1 Å². The molecule has 1 heterocycles. The Balaban J connectivity index is 0.00000139. The van der Waals surface area contributed by atoms with Crippen LogP contribution in [0.1, 0.15) is 38.2 Å². The van der Waals surface area contributed by atoms with E-state index in [4.69, 9.17) is 17.3 Å². The van der Waals surface area contributed by atoms with E-state index in [2.05, 4.69) is 20.3 Å². The molecular weight excluding hydrogens is 350 g/mol. The lowest BCUT2D eigenvalue weighted by molar-refractivity contribution is 0.0845. The summed E-state index contributed by atoms with van der Waals surface area (Å²) in [5, 5.41) is -1.29. The number of nitrogen functional groups attached to an aromatic ring is 1. The molecule has 24 heavy (non-hydrogen) atoms. The molecule has 2 aromatic rings. The van der Waals surface area contributed by atoms with Gasteiger partial charge in [-0.3, -0.25) is 0 Å². The van der Waals surface area contributed by atoms with Crippen molar-refractivity contribution in [2.24, 2.45) is 0 Å². The normalized spacial score (nSPS) is 12.2. The lowest BCUT2D eigenvalue weighted by Crippen LogP contribution is -2.17. The van der Waals surface area contributed by atoms with Gasteiger partial charge in [0.15, 0.2) is 0 Å². The van der Waals surface area contributed by atoms with Crippen LogP contribution in [0.5, 0.6) is 0 Å². The molecule has 0 amide bonds. The quantitative estimate of drug-likeness (QED) is 0.626. The van der Waals surface area contributed by atoms with Crippen molar-refractivity contribution >= 4 is 23.5 Å². The minimum absolute atomic E-state index is 0.0295. The molecule has 132 valence electrons. The highest BCUT2D eigenvalue weighted by Crippen LogP contribution is 2.30. The largest absolute Gasteiger partial charge is 0.381 e. The van der Waals surface area contributed by atoms with Gasteiger partial charge in [-0.25, -0.2) is 8.78 Å².